The molecule has 98 heavy (non-hydrogen) atoms. The molecule has 0 N–H and O–H groups in total. The van der Waals surface area contributed by atoms with Crippen LogP contribution in [0.2, 0.25) is 0 Å². The molecule has 0 radical (unpaired) electrons. The SMILES string of the molecule is CC/C=C\C/C=C\C/C=C\C/C=C\C/C=C\CCCCCCCCCCCCCCCCCCCCCCCCCC(=O)OC(COC(=O)CCCCCCCCCCCCCCCCCCCCCCCCC/C=C\CCCCCCCCCC)COP(=O)([O-])OCC[N+](C)(C)C. The summed E-state index contributed by atoms with van der Waals surface area (Å²) in [6, 6.07) is 0. The average Bonchev–Trinajstić information content (AvgIpc) is 1.23. The number of phosphoric acid groups is 1. The molecule has 0 bridgehead atoms. The number of allylic oxidation sites excluding steroid dienone is 12. The highest BCUT2D eigenvalue weighted by molar-refractivity contribution is 7.45. The van der Waals surface area contributed by atoms with Gasteiger partial charge >= 0.3 is 11.9 Å². The van der Waals surface area contributed by atoms with E-state index >= 15 is 0 Å². The second-order valence-corrected chi connectivity index (χ2v) is 31.6. The van der Waals surface area contributed by atoms with Crippen LogP contribution in [0.15, 0.2) is 72.9 Å². The highest BCUT2D eigenvalue weighted by Crippen LogP contribution is 2.38. The molecule has 0 aromatic heterocycles. The average molecular weight is 1400 g/mol. The van der Waals surface area contributed by atoms with E-state index in [9.17, 15) is 19.0 Å². The van der Waals surface area contributed by atoms with Gasteiger partial charge in [-0.25, -0.2) is 0 Å². The van der Waals surface area contributed by atoms with Crippen LogP contribution in [-0.2, 0) is 32.7 Å². The Labute approximate surface area is 609 Å². The molecule has 0 saturated carbocycles. The molecule has 0 amide bonds. The van der Waals surface area contributed by atoms with Gasteiger partial charge in [0, 0.05) is 12.8 Å². The molecule has 0 saturated heterocycles. The summed E-state index contributed by atoms with van der Waals surface area (Å²) in [5.41, 5.74) is 0. The third kappa shape index (κ3) is 82.4. The molecule has 0 aliphatic carbocycles. The number of nitrogens with zero attached hydrogens (tertiary/aromatic N) is 1. The molecular formula is C88H164NO8P. The van der Waals surface area contributed by atoms with Crippen molar-refractivity contribution in [2.45, 2.75) is 431 Å². The van der Waals surface area contributed by atoms with Crippen LogP contribution >= 0.6 is 7.82 Å². The molecule has 10 heteroatoms. The van der Waals surface area contributed by atoms with Gasteiger partial charge in [-0.1, -0.05) is 401 Å². The lowest BCUT2D eigenvalue weighted by atomic mass is 10.0. The Morgan fingerprint density at radius 2 is 0.582 bits per heavy atom. The molecular weight excluding hydrogens is 1230 g/mol. The number of carbonyl (C=O) groups excluding carboxylic acids is 2. The second-order valence-electron chi connectivity index (χ2n) is 30.2. The summed E-state index contributed by atoms with van der Waals surface area (Å²) in [7, 11) is 1.19. The maximum absolute atomic E-state index is 12.9. The van der Waals surface area contributed by atoms with Crippen molar-refractivity contribution in [2.75, 3.05) is 47.5 Å². The number of likely N-dealkylation sites (N-methyl/N-ethyl adjacent to an activating group) is 1. The van der Waals surface area contributed by atoms with Gasteiger partial charge in [-0.15, -0.1) is 0 Å². The number of unbranched alkanes of at least 4 members (excludes halogenated alkanes) is 54. The molecule has 0 rings (SSSR count). The van der Waals surface area contributed by atoms with E-state index in [0.717, 1.165) is 64.2 Å². The number of hydrogen-bond donors (Lipinski definition) is 0. The van der Waals surface area contributed by atoms with Gasteiger partial charge in [0.05, 0.1) is 27.7 Å². The minimum absolute atomic E-state index is 0.0285. The molecule has 2 unspecified atom stereocenters. The fourth-order valence-corrected chi connectivity index (χ4v) is 13.5. The predicted molar refractivity (Wildman–Crippen MR) is 425 cm³/mol. The fraction of sp³-hybridized carbons (Fsp3) is 0.841. The minimum atomic E-state index is -4.65. The zero-order valence-corrected chi connectivity index (χ0v) is 66.6. The number of carbonyl (C=O) groups is 2. The molecule has 0 heterocycles. The fourth-order valence-electron chi connectivity index (χ4n) is 12.7. The normalized spacial score (nSPS) is 13.3. The van der Waals surface area contributed by atoms with Crippen molar-refractivity contribution < 1.29 is 42.1 Å². The second kappa shape index (κ2) is 78.6. The first-order valence-corrected chi connectivity index (χ1v) is 44.1. The Morgan fingerprint density at radius 1 is 0.327 bits per heavy atom. The van der Waals surface area contributed by atoms with Crippen molar-refractivity contribution >= 4 is 19.8 Å². The van der Waals surface area contributed by atoms with E-state index in [1.54, 1.807) is 0 Å². The lowest BCUT2D eigenvalue weighted by Gasteiger charge is -2.28. The zero-order chi connectivity index (χ0) is 71.1. The van der Waals surface area contributed by atoms with E-state index in [0.29, 0.717) is 17.4 Å². The summed E-state index contributed by atoms with van der Waals surface area (Å²) >= 11 is 0. The highest BCUT2D eigenvalue weighted by Gasteiger charge is 2.22. The lowest BCUT2D eigenvalue weighted by molar-refractivity contribution is -0.870. The van der Waals surface area contributed by atoms with Crippen molar-refractivity contribution in [3.8, 4) is 0 Å². The Balaban J connectivity index is 3.88. The summed E-state index contributed by atoms with van der Waals surface area (Å²) in [4.78, 5) is 38.2. The Hall–Kier alpha value is -2.55. The van der Waals surface area contributed by atoms with E-state index in [4.69, 9.17) is 18.5 Å². The van der Waals surface area contributed by atoms with Crippen LogP contribution in [-0.4, -0.2) is 70.0 Å². The molecule has 0 spiro atoms. The van der Waals surface area contributed by atoms with Gasteiger partial charge in [0.1, 0.15) is 19.8 Å². The number of phosphoric ester groups is 1. The molecule has 2 atom stereocenters. The van der Waals surface area contributed by atoms with Crippen molar-refractivity contribution in [2.24, 2.45) is 0 Å². The van der Waals surface area contributed by atoms with Gasteiger partial charge in [-0.2, -0.15) is 0 Å². The van der Waals surface area contributed by atoms with Gasteiger partial charge in [-0.3, -0.25) is 14.2 Å². The Morgan fingerprint density at radius 3 is 0.878 bits per heavy atom. The molecule has 0 fully saturated rings. The van der Waals surface area contributed by atoms with Crippen molar-refractivity contribution in [3.05, 3.63) is 72.9 Å². The minimum Gasteiger partial charge on any atom is -0.756 e. The standard InChI is InChI=1S/C88H164NO8P/c1-6-8-10-12-14-16-18-20-22-24-26-28-30-32-34-36-38-40-42-43-44-45-47-49-51-53-55-57-59-61-63-65-67-69-71-73-75-77-79-81-88(91)97-86(85-96-98(92,93)95-83-82-89(3,4)5)84-94-87(90)80-78-76-74-72-70-68-66-64-62-60-58-56-54-52-50-48-46-41-39-37-35-33-31-29-27-25-23-21-19-17-15-13-11-9-7-2/h8,10,14,16,20,22,25-28,32,34,86H,6-7,9,11-13,15,17-19,21,23-24,29-31,33,35-85H2,1-5H3/b10-8-,16-14-,22-20-,27-25-,28-26-,34-32-. The van der Waals surface area contributed by atoms with E-state index < -0.39 is 26.5 Å². The first-order chi connectivity index (χ1) is 48.0. The summed E-state index contributed by atoms with van der Waals surface area (Å²) in [6.07, 6.45) is 108. The van der Waals surface area contributed by atoms with E-state index in [2.05, 4.69) is 86.8 Å². The van der Waals surface area contributed by atoms with Crippen LogP contribution in [0.4, 0.5) is 0 Å². The quantitative estimate of drug-likeness (QED) is 0.0195. The third-order valence-corrected chi connectivity index (χ3v) is 20.2. The Kier molecular flexibility index (Phi) is 76.5. The van der Waals surface area contributed by atoms with Crippen molar-refractivity contribution in [3.63, 3.8) is 0 Å². The van der Waals surface area contributed by atoms with Crippen LogP contribution in [0.3, 0.4) is 0 Å². The maximum atomic E-state index is 12.9. The van der Waals surface area contributed by atoms with Gasteiger partial charge in [0.2, 0.25) is 0 Å². The van der Waals surface area contributed by atoms with Crippen molar-refractivity contribution in [1.82, 2.24) is 0 Å². The number of ether oxygens (including phenoxy) is 2. The molecule has 574 valence electrons. The van der Waals surface area contributed by atoms with Crippen LogP contribution in [0, 0.1) is 0 Å². The number of esters is 2. The summed E-state index contributed by atoms with van der Waals surface area (Å²) in [5, 5.41) is 0. The first kappa shape index (κ1) is 95.5. The van der Waals surface area contributed by atoms with Gasteiger partial charge < -0.3 is 27.9 Å². The maximum Gasteiger partial charge on any atom is 0.306 e. The van der Waals surface area contributed by atoms with Gasteiger partial charge in [0.25, 0.3) is 7.82 Å². The Bertz CT molecular complexity index is 1890. The predicted octanol–water partition coefficient (Wildman–Crippen LogP) is 28.0. The topological polar surface area (TPSA) is 111 Å². The molecule has 0 aliphatic rings. The third-order valence-electron chi connectivity index (χ3n) is 19.2. The molecule has 9 nitrogen and oxygen atoms in total. The molecule has 0 aromatic carbocycles. The molecule has 0 aliphatic heterocycles. The smallest absolute Gasteiger partial charge is 0.306 e. The molecule has 0 aromatic rings. The summed E-state index contributed by atoms with van der Waals surface area (Å²) in [5.74, 6) is -0.808. The first-order valence-electron chi connectivity index (χ1n) is 42.6. The van der Waals surface area contributed by atoms with Crippen LogP contribution in [0.25, 0.3) is 0 Å². The highest BCUT2D eigenvalue weighted by atomic mass is 31.2. The largest absolute Gasteiger partial charge is 0.756 e. The number of quaternary nitrogens is 1. The summed E-state index contributed by atoms with van der Waals surface area (Å²) < 4.78 is 34.5. The van der Waals surface area contributed by atoms with E-state index in [1.165, 1.54) is 327 Å². The van der Waals surface area contributed by atoms with E-state index in [-0.39, 0.29) is 32.0 Å². The van der Waals surface area contributed by atoms with Gasteiger partial charge in [0.15, 0.2) is 6.10 Å². The van der Waals surface area contributed by atoms with Crippen LogP contribution in [0.1, 0.15) is 425 Å². The monoisotopic (exact) mass is 1390 g/mol. The number of rotatable bonds is 80. The van der Waals surface area contributed by atoms with Gasteiger partial charge in [-0.05, 0) is 83.5 Å². The van der Waals surface area contributed by atoms with Crippen LogP contribution in [0.5, 0.6) is 0 Å². The zero-order valence-electron chi connectivity index (χ0n) is 65.7. The lowest BCUT2D eigenvalue weighted by Crippen LogP contribution is -2.37. The number of hydrogen-bond acceptors (Lipinski definition) is 8. The van der Waals surface area contributed by atoms with E-state index in [1.807, 2.05) is 21.1 Å². The van der Waals surface area contributed by atoms with Crippen LogP contribution < -0.4 is 4.89 Å². The summed E-state index contributed by atoms with van der Waals surface area (Å²) in [6.45, 7) is 4.20. The van der Waals surface area contributed by atoms with Crippen molar-refractivity contribution in [1.29, 1.82) is 0 Å².